The quantitative estimate of drug-likeness (QED) is 0.770. The van der Waals surface area contributed by atoms with Crippen molar-refractivity contribution < 1.29 is 4.74 Å². The van der Waals surface area contributed by atoms with Crippen LogP contribution in [-0.4, -0.2) is 16.9 Å². The third-order valence-corrected chi connectivity index (χ3v) is 4.16. The second kappa shape index (κ2) is 7.10. The molecule has 1 aromatic heterocycles. The number of nitriles is 1. The third-order valence-electron chi connectivity index (χ3n) is 4.16. The number of nitrogens with one attached hydrogen (secondary N) is 1. The Balaban J connectivity index is 1.79. The largest absolute Gasteiger partial charge is 0.495 e. The summed E-state index contributed by atoms with van der Waals surface area (Å²) in [5.41, 5.74) is 4.81. The summed E-state index contributed by atoms with van der Waals surface area (Å²) in [7, 11) is 3.48. The Morgan fingerprint density at radius 1 is 1.20 bits per heavy atom. The number of aryl methyl sites for hydroxylation is 2. The van der Waals surface area contributed by atoms with Crippen LogP contribution in [0.2, 0.25) is 0 Å². The van der Waals surface area contributed by atoms with Crippen molar-refractivity contribution in [2.75, 3.05) is 12.4 Å². The predicted octanol–water partition coefficient (Wildman–Crippen LogP) is 3.89. The summed E-state index contributed by atoms with van der Waals surface area (Å²) in [5, 5.41) is 17.2. The maximum Gasteiger partial charge on any atom is 0.136 e. The molecule has 2 aromatic carbocycles. The third kappa shape index (κ3) is 3.48. The highest BCUT2D eigenvalue weighted by Gasteiger charge is 2.09. The average molecular weight is 332 g/mol. The van der Waals surface area contributed by atoms with Gasteiger partial charge in [0.05, 0.1) is 18.4 Å². The summed E-state index contributed by atoms with van der Waals surface area (Å²) < 4.78 is 7.01. The maximum absolute atomic E-state index is 9.19. The van der Waals surface area contributed by atoms with Crippen LogP contribution in [-0.2, 0) is 13.6 Å². The molecule has 0 amide bonds. The number of ether oxygens (including phenoxy) is 1. The van der Waals surface area contributed by atoms with Gasteiger partial charge in [-0.1, -0.05) is 30.3 Å². The monoisotopic (exact) mass is 332 g/mol. The molecule has 0 radical (unpaired) electrons. The van der Waals surface area contributed by atoms with Crippen LogP contribution >= 0.6 is 0 Å². The van der Waals surface area contributed by atoms with E-state index in [1.165, 1.54) is 5.56 Å². The van der Waals surface area contributed by atoms with E-state index >= 15 is 0 Å². The van der Waals surface area contributed by atoms with Crippen LogP contribution in [0.15, 0.2) is 48.5 Å². The molecule has 0 aliphatic heterocycles. The Morgan fingerprint density at radius 3 is 2.72 bits per heavy atom. The Bertz CT molecular complexity index is 937. The summed E-state index contributed by atoms with van der Waals surface area (Å²) in [6.07, 6.45) is 0. The van der Waals surface area contributed by atoms with Crippen molar-refractivity contribution in [3.63, 3.8) is 0 Å². The number of benzene rings is 2. The first kappa shape index (κ1) is 16.6. The number of methoxy groups -OCH3 is 1. The number of hydrogen-bond donors (Lipinski definition) is 1. The summed E-state index contributed by atoms with van der Waals surface area (Å²) in [6.45, 7) is 2.68. The molecule has 0 aliphatic carbocycles. The SMILES string of the molecule is COc1ccc(CNc2cc(-c3ccccc3C)nn2C)cc1C#N. The van der Waals surface area contributed by atoms with Crippen molar-refractivity contribution in [1.29, 1.82) is 5.26 Å². The molecule has 0 unspecified atom stereocenters. The number of anilines is 1. The van der Waals surface area contributed by atoms with Gasteiger partial charge in [-0.15, -0.1) is 0 Å². The zero-order valence-electron chi connectivity index (χ0n) is 14.6. The van der Waals surface area contributed by atoms with Gasteiger partial charge in [0.25, 0.3) is 0 Å². The highest BCUT2D eigenvalue weighted by Crippen LogP contribution is 2.25. The molecule has 0 spiro atoms. The van der Waals surface area contributed by atoms with Gasteiger partial charge in [-0.05, 0) is 30.2 Å². The minimum Gasteiger partial charge on any atom is -0.495 e. The highest BCUT2D eigenvalue weighted by molar-refractivity contribution is 5.66. The van der Waals surface area contributed by atoms with Crippen molar-refractivity contribution in [2.45, 2.75) is 13.5 Å². The Kier molecular flexibility index (Phi) is 4.71. The van der Waals surface area contributed by atoms with Crippen molar-refractivity contribution >= 4 is 5.82 Å². The van der Waals surface area contributed by atoms with Crippen LogP contribution in [0.4, 0.5) is 5.82 Å². The zero-order valence-corrected chi connectivity index (χ0v) is 14.6. The molecular weight excluding hydrogens is 312 g/mol. The van der Waals surface area contributed by atoms with Gasteiger partial charge in [0.2, 0.25) is 0 Å². The van der Waals surface area contributed by atoms with E-state index < -0.39 is 0 Å². The number of hydrogen-bond acceptors (Lipinski definition) is 4. The molecule has 5 heteroatoms. The maximum atomic E-state index is 9.19. The van der Waals surface area contributed by atoms with E-state index in [9.17, 15) is 5.26 Å². The molecule has 126 valence electrons. The van der Waals surface area contributed by atoms with E-state index in [-0.39, 0.29) is 0 Å². The lowest BCUT2D eigenvalue weighted by molar-refractivity contribution is 0.413. The molecule has 5 nitrogen and oxygen atoms in total. The van der Waals surface area contributed by atoms with Crippen molar-refractivity contribution in [2.24, 2.45) is 7.05 Å². The van der Waals surface area contributed by atoms with E-state index in [0.717, 1.165) is 22.6 Å². The van der Waals surface area contributed by atoms with Crippen LogP contribution < -0.4 is 10.1 Å². The van der Waals surface area contributed by atoms with Gasteiger partial charge in [0, 0.05) is 25.2 Å². The van der Waals surface area contributed by atoms with Gasteiger partial charge in [-0.3, -0.25) is 4.68 Å². The van der Waals surface area contributed by atoms with Crippen LogP contribution in [0.5, 0.6) is 5.75 Å². The fraction of sp³-hybridized carbons (Fsp3) is 0.200. The van der Waals surface area contributed by atoms with Gasteiger partial charge in [-0.25, -0.2) is 0 Å². The molecule has 3 rings (SSSR count). The van der Waals surface area contributed by atoms with Crippen molar-refractivity contribution in [3.05, 3.63) is 65.2 Å². The Labute approximate surface area is 147 Å². The predicted molar refractivity (Wildman–Crippen MR) is 98.4 cm³/mol. The zero-order chi connectivity index (χ0) is 17.8. The summed E-state index contributed by atoms with van der Waals surface area (Å²) in [6, 6.07) is 18.0. The number of rotatable bonds is 5. The lowest BCUT2D eigenvalue weighted by atomic mass is 10.1. The lowest BCUT2D eigenvalue weighted by Crippen LogP contribution is -2.05. The molecule has 0 bridgehead atoms. The molecule has 1 heterocycles. The fourth-order valence-electron chi connectivity index (χ4n) is 2.77. The molecule has 0 saturated carbocycles. The molecular formula is C20H20N4O. The van der Waals surface area contributed by atoms with Gasteiger partial charge < -0.3 is 10.1 Å². The standard InChI is InChI=1S/C20H20N4O/c1-14-6-4-5-7-17(14)18-11-20(24(2)23-18)22-13-15-8-9-19(25-3)16(10-15)12-21/h4-11,22H,13H2,1-3H3. The minimum atomic E-state index is 0.535. The molecule has 0 fully saturated rings. The van der Waals surface area contributed by atoms with Gasteiger partial charge in [0.1, 0.15) is 17.6 Å². The molecule has 25 heavy (non-hydrogen) atoms. The Morgan fingerprint density at radius 2 is 2.00 bits per heavy atom. The van der Waals surface area contributed by atoms with Gasteiger partial charge in [-0.2, -0.15) is 10.4 Å². The second-order valence-corrected chi connectivity index (χ2v) is 5.85. The summed E-state index contributed by atoms with van der Waals surface area (Å²) in [5.74, 6) is 1.52. The van der Waals surface area contributed by atoms with E-state index in [0.29, 0.717) is 17.9 Å². The van der Waals surface area contributed by atoms with Crippen molar-refractivity contribution in [1.82, 2.24) is 9.78 Å². The first-order valence-electron chi connectivity index (χ1n) is 8.03. The average Bonchev–Trinajstić information content (AvgIpc) is 3.00. The molecule has 0 saturated heterocycles. The van der Waals surface area contributed by atoms with E-state index in [2.05, 4.69) is 35.5 Å². The van der Waals surface area contributed by atoms with Gasteiger partial charge >= 0.3 is 0 Å². The van der Waals surface area contributed by atoms with Crippen LogP contribution in [0.1, 0.15) is 16.7 Å². The molecule has 1 N–H and O–H groups in total. The first-order chi connectivity index (χ1) is 12.1. The van der Waals surface area contributed by atoms with E-state index in [1.807, 2.05) is 48.1 Å². The molecule has 0 aliphatic rings. The Hall–Kier alpha value is -3.26. The highest BCUT2D eigenvalue weighted by atomic mass is 16.5. The normalized spacial score (nSPS) is 10.3. The second-order valence-electron chi connectivity index (χ2n) is 5.85. The number of aromatic nitrogens is 2. The van der Waals surface area contributed by atoms with E-state index in [4.69, 9.17) is 4.74 Å². The van der Waals surface area contributed by atoms with Crippen LogP contribution in [0, 0.1) is 18.3 Å². The molecule has 0 atom stereocenters. The topological polar surface area (TPSA) is 62.9 Å². The van der Waals surface area contributed by atoms with Crippen LogP contribution in [0.3, 0.4) is 0 Å². The molecule has 3 aromatic rings. The smallest absolute Gasteiger partial charge is 0.136 e. The summed E-state index contributed by atoms with van der Waals surface area (Å²) >= 11 is 0. The van der Waals surface area contributed by atoms with Crippen molar-refractivity contribution in [3.8, 4) is 23.1 Å². The van der Waals surface area contributed by atoms with Crippen LogP contribution in [0.25, 0.3) is 11.3 Å². The van der Waals surface area contributed by atoms with Gasteiger partial charge in [0.15, 0.2) is 0 Å². The van der Waals surface area contributed by atoms with E-state index in [1.54, 1.807) is 7.11 Å². The lowest BCUT2D eigenvalue weighted by Gasteiger charge is -2.08. The minimum absolute atomic E-state index is 0.535. The fourth-order valence-corrected chi connectivity index (χ4v) is 2.77. The summed E-state index contributed by atoms with van der Waals surface area (Å²) in [4.78, 5) is 0. The first-order valence-corrected chi connectivity index (χ1v) is 8.03. The number of nitrogens with zero attached hydrogens (tertiary/aromatic N) is 3.